The van der Waals surface area contributed by atoms with Gasteiger partial charge in [-0.05, 0) is 37.1 Å². The molecule has 0 spiro atoms. The van der Waals surface area contributed by atoms with Gasteiger partial charge in [0.05, 0.1) is 0 Å². The Morgan fingerprint density at radius 1 is 1.07 bits per heavy atom. The lowest BCUT2D eigenvalue weighted by molar-refractivity contribution is -0.129. The molecule has 2 aliphatic heterocycles. The fourth-order valence-corrected chi connectivity index (χ4v) is 3.99. The second kappa shape index (κ2) is 7.02. The van der Waals surface area contributed by atoms with Crippen LogP contribution in [0.5, 0.6) is 0 Å². The van der Waals surface area contributed by atoms with E-state index in [9.17, 15) is 9.59 Å². The van der Waals surface area contributed by atoms with E-state index in [1.54, 1.807) is 19.2 Å². The Labute approximate surface area is 159 Å². The summed E-state index contributed by atoms with van der Waals surface area (Å²) in [5.41, 5.74) is 2.87. The van der Waals surface area contributed by atoms with E-state index >= 15 is 0 Å². The average Bonchev–Trinajstić information content (AvgIpc) is 3.03. The van der Waals surface area contributed by atoms with E-state index in [1.807, 2.05) is 34.1 Å². The van der Waals surface area contributed by atoms with Crippen LogP contribution in [0.3, 0.4) is 0 Å². The minimum atomic E-state index is 0.0125. The van der Waals surface area contributed by atoms with Crippen molar-refractivity contribution >= 4 is 23.3 Å². The molecule has 27 heavy (non-hydrogen) atoms. The molecular weight excluding hydrogens is 340 g/mol. The third-order valence-electron chi connectivity index (χ3n) is 5.47. The Balaban J connectivity index is 1.55. The molecule has 1 aromatic heterocycles. The molecule has 3 heterocycles. The predicted molar refractivity (Wildman–Crippen MR) is 105 cm³/mol. The highest BCUT2D eigenvalue weighted by molar-refractivity contribution is 6.08. The van der Waals surface area contributed by atoms with E-state index in [4.69, 9.17) is 0 Å². The summed E-state index contributed by atoms with van der Waals surface area (Å²) in [4.78, 5) is 35.1. The number of fused-ring (bicyclic) bond motifs is 1. The first-order valence-corrected chi connectivity index (χ1v) is 9.42. The van der Waals surface area contributed by atoms with Gasteiger partial charge in [0, 0.05) is 56.6 Å². The fourth-order valence-electron chi connectivity index (χ4n) is 3.99. The lowest BCUT2D eigenvalue weighted by Gasteiger charge is -2.35. The zero-order chi connectivity index (χ0) is 19.0. The second-order valence-corrected chi connectivity index (χ2v) is 7.25. The van der Waals surface area contributed by atoms with Gasteiger partial charge in [-0.25, -0.2) is 4.98 Å². The predicted octanol–water partition coefficient (Wildman–Crippen LogP) is 2.34. The van der Waals surface area contributed by atoms with Crippen molar-refractivity contribution in [1.29, 1.82) is 0 Å². The van der Waals surface area contributed by atoms with Crippen molar-refractivity contribution < 1.29 is 9.59 Å². The summed E-state index contributed by atoms with van der Waals surface area (Å²) >= 11 is 0. The summed E-state index contributed by atoms with van der Waals surface area (Å²) in [5, 5.41) is 0. The van der Waals surface area contributed by atoms with Gasteiger partial charge in [-0.2, -0.15) is 0 Å². The van der Waals surface area contributed by atoms with E-state index in [2.05, 4.69) is 22.9 Å². The summed E-state index contributed by atoms with van der Waals surface area (Å²) in [6.07, 6.45) is 2.58. The highest BCUT2D eigenvalue weighted by Crippen LogP contribution is 2.33. The lowest BCUT2D eigenvalue weighted by Crippen LogP contribution is -2.48. The van der Waals surface area contributed by atoms with Crippen LogP contribution in [0.15, 0.2) is 42.6 Å². The molecule has 1 atom stereocenters. The van der Waals surface area contributed by atoms with Gasteiger partial charge in [0.25, 0.3) is 5.91 Å². The summed E-state index contributed by atoms with van der Waals surface area (Å²) in [6, 6.07) is 11.9. The number of rotatable bonds is 2. The van der Waals surface area contributed by atoms with Crippen LogP contribution in [0, 0.1) is 0 Å². The van der Waals surface area contributed by atoms with Crippen LogP contribution in [0.2, 0.25) is 0 Å². The van der Waals surface area contributed by atoms with Crippen LogP contribution in [-0.2, 0) is 11.2 Å². The van der Waals surface area contributed by atoms with Gasteiger partial charge >= 0.3 is 0 Å². The minimum absolute atomic E-state index is 0.0125. The highest BCUT2D eigenvalue weighted by Gasteiger charge is 2.31. The van der Waals surface area contributed by atoms with E-state index in [1.165, 1.54) is 5.56 Å². The van der Waals surface area contributed by atoms with Gasteiger partial charge in [-0.3, -0.25) is 9.59 Å². The summed E-state index contributed by atoms with van der Waals surface area (Å²) in [5.74, 6) is 0.913. The Morgan fingerprint density at radius 3 is 2.56 bits per heavy atom. The molecule has 4 rings (SSSR count). The Bertz CT molecular complexity index is 874. The molecule has 140 valence electrons. The van der Waals surface area contributed by atoms with E-state index < -0.39 is 0 Å². The summed E-state index contributed by atoms with van der Waals surface area (Å²) < 4.78 is 0. The van der Waals surface area contributed by atoms with Crippen molar-refractivity contribution in [2.45, 2.75) is 26.3 Å². The molecule has 6 nitrogen and oxygen atoms in total. The van der Waals surface area contributed by atoms with Gasteiger partial charge in [0.15, 0.2) is 0 Å². The largest absolute Gasteiger partial charge is 0.353 e. The molecular formula is C21H24N4O2. The molecule has 2 amide bonds. The standard InChI is InChI=1S/C21H24N4O2/c1-15-13-17-5-3-4-6-19(17)25(15)21(27)18-7-8-22-20(14-18)24-11-9-23(10-12-24)16(2)26/h3-8,14-15H,9-13H2,1-2H3. The first-order chi connectivity index (χ1) is 13.0. The molecule has 6 heteroatoms. The van der Waals surface area contributed by atoms with Gasteiger partial charge in [0.1, 0.15) is 5.82 Å². The number of benzene rings is 1. The van der Waals surface area contributed by atoms with Crippen molar-refractivity contribution in [3.63, 3.8) is 0 Å². The number of para-hydroxylation sites is 1. The normalized spacial score (nSPS) is 19.2. The smallest absolute Gasteiger partial charge is 0.258 e. The van der Waals surface area contributed by atoms with Crippen LogP contribution in [0.25, 0.3) is 0 Å². The van der Waals surface area contributed by atoms with Crippen molar-refractivity contribution in [2.75, 3.05) is 36.0 Å². The van der Waals surface area contributed by atoms with Crippen molar-refractivity contribution in [2.24, 2.45) is 0 Å². The fraction of sp³-hybridized carbons (Fsp3) is 0.381. The van der Waals surface area contributed by atoms with Gasteiger partial charge in [-0.15, -0.1) is 0 Å². The number of carbonyl (C=O) groups is 2. The molecule has 0 saturated carbocycles. The topological polar surface area (TPSA) is 56.8 Å². The molecule has 1 fully saturated rings. The van der Waals surface area contributed by atoms with Crippen LogP contribution in [0.4, 0.5) is 11.5 Å². The monoisotopic (exact) mass is 364 g/mol. The molecule has 0 N–H and O–H groups in total. The van der Waals surface area contributed by atoms with Crippen molar-refractivity contribution in [1.82, 2.24) is 9.88 Å². The van der Waals surface area contributed by atoms with Gasteiger partial charge in [0.2, 0.25) is 5.91 Å². The number of nitrogens with zero attached hydrogens (tertiary/aromatic N) is 4. The number of piperazine rings is 1. The zero-order valence-corrected chi connectivity index (χ0v) is 15.8. The second-order valence-electron chi connectivity index (χ2n) is 7.25. The number of pyridine rings is 1. The van der Waals surface area contributed by atoms with Crippen LogP contribution >= 0.6 is 0 Å². The zero-order valence-electron chi connectivity index (χ0n) is 15.8. The summed E-state index contributed by atoms with van der Waals surface area (Å²) in [6.45, 7) is 6.51. The van der Waals surface area contributed by atoms with Crippen LogP contribution < -0.4 is 9.80 Å². The van der Waals surface area contributed by atoms with E-state index in [0.717, 1.165) is 31.0 Å². The maximum atomic E-state index is 13.2. The summed E-state index contributed by atoms with van der Waals surface area (Å²) in [7, 11) is 0. The Kier molecular flexibility index (Phi) is 4.56. The third kappa shape index (κ3) is 3.27. The number of hydrogen-bond donors (Lipinski definition) is 0. The quantitative estimate of drug-likeness (QED) is 0.821. The van der Waals surface area contributed by atoms with Crippen molar-refractivity contribution in [3.05, 3.63) is 53.7 Å². The van der Waals surface area contributed by atoms with E-state index in [0.29, 0.717) is 18.7 Å². The maximum absolute atomic E-state index is 13.2. The number of hydrogen-bond acceptors (Lipinski definition) is 4. The van der Waals surface area contributed by atoms with Crippen LogP contribution in [0.1, 0.15) is 29.8 Å². The highest BCUT2D eigenvalue weighted by atomic mass is 16.2. The number of anilines is 2. The molecule has 0 radical (unpaired) electrons. The molecule has 2 aromatic rings. The average molecular weight is 364 g/mol. The molecule has 2 aliphatic rings. The van der Waals surface area contributed by atoms with Crippen LogP contribution in [-0.4, -0.2) is 53.9 Å². The molecule has 0 aliphatic carbocycles. The van der Waals surface area contributed by atoms with Gasteiger partial charge < -0.3 is 14.7 Å². The lowest BCUT2D eigenvalue weighted by atomic mass is 10.1. The molecule has 0 bridgehead atoms. The van der Waals surface area contributed by atoms with E-state index in [-0.39, 0.29) is 17.9 Å². The van der Waals surface area contributed by atoms with Crippen molar-refractivity contribution in [3.8, 4) is 0 Å². The minimum Gasteiger partial charge on any atom is -0.353 e. The maximum Gasteiger partial charge on any atom is 0.258 e. The van der Waals surface area contributed by atoms with Gasteiger partial charge in [-0.1, -0.05) is 18.2 Å². The number of amides is 2. The first-order valence-electron chi connectivity index (χ1n) is 9.42. The molecule has 1 saturated heterocycles. The molecule has 1 aromatic carbocycles. The SMILES string of the molecule is CC(=O)N1CCN(c2cc(C(=O)N3c4ccccc4CC3C)ccn2)CC1. The Morgan fingerprint density at radius 2 is 1.81 bits per heavy atom. The number of aromatic nitrogens is 1. The number of carbonyl (C=O) groups excluding carboxylic acids is 2. The Hall–Kier alpha value is -2.89. The molecule has 1 unspecified atom stereocenters. The third-order valence-corrected chi connectivity index (χ3v) is 5.47. The first kappa shape index (κ1) is 17.5.